The highest BCUT2D eigenvalue weighted by Crippen LogP contribution is 2.33. The van der Waals surface area contributed by atoms with Crippen LogP contribution in [0.5, 0.6) is 0 Å². The van der Waals surface area contributed by atoms with Gasteiger partial charge in [-0.15, -0.1) is 0 Å². The number of rotatable bonds is 4. The van der Waals surface area contributed by atoms with Crippen LogP contribution in [-0.4, -0.2) is 42.0 Å². The maximum Gasteiger partial charge on any atom is 0.251 e. The molecule has 1 heterocycles. The summed E-state index contributed by atoms with van der Waals surface area (Å²) in [6.45, 7) is 2.52. The third kappa shape index (κ3) is 3.10. The van der Waals surface area contributed by atoms with Crippen molar-refractivity contribution in [3.8, 4) is 0 Å². The molecule has 0 spiro atoms. The van der Waals surface area contributed by atoms with Crippen LogP contribution in [0, 0.1) is 6.92 Å². The predicted octanol–water partition coefficient (Wildman–Crippen LogP) is 1.58. The first-order valence-corrected chi connectivity index (χ1v) is 7.13. The van der Waals surface area contributed by atoms with Crippen molar-refractivity contribution in [1.29, 1.82) is 0 Å². The molecule has 0 aromatic carbocycles. The van der Waals surface area contributed by atoms with Crippen LogP contribution in [-0.2, 0) is 0 Å². The lowest BCUT2D eigenvalue weighted by molar-refractivity contribution is 0.0900. The molecule has 0 radical (unpaired) electrons. The number of anilines is 1. The van der Waals surface area contributed by atoms with E-state index in [2.05, 4.69) is 29.3 Å². The summed E-state index contributed by atoms with van der Waals surface area (Å²) in [6, 6.07) is 3.39. The lowest BCUT2D eigenvalue weighted by Crippen LogP contribution is -2.50. The van der Waals surface area contributed by atoms with Crippen LogP contribution in [0.3, 0.4) is 0 Å². The van der Waals surface area contributed by atoms with Gasteiger partial charge < -0.3 is 16.0 Å². The second-order valence-corrected chi connectivity index (χ2v) is 5.93. The van der Waals surface area contributed by atoms with Crippen molar-refractivity contribution in [2.45, 2.75) is 38.1 Å². The number of nitrogens with zero attached hydrogens (tertiary/aromatic N) is 2. The van der Waals surface area contributed by atoms with E-state index in [1.54, 1.807) is 12.1 Å². The van der Waals surface area contributed by atoms with Crippen LogP contribution in [0.2, 0.25) is 0 Å². The van der Waals surface area contributed by atoms with Gasteiger partial charge in [0, 0.05) is 23.3 Å². The average molecular weight is 276 g/mol. The Balaban J connectivity index is 2.04. The monoisotopic (exact) mass is 276 g/mol. The van der Waals surface area contributed by atoms with Crippen molar-refractivity contribution in [3.05, 3.63) is 23.4 Å². The zero-order valence-corrected chi connectivity index (χ0v) is 12.6. The minimum absolute atomic E-state index is 0.0738. The van der Waals surface area contributed by atoms with E-state index in [0.29, 0.717) is 17.9 Å². The Labute approximate surface area is 120 Å². The summed E-state index contributed by atoms with van der Waals surface area (Å²) in [7, 11) is 4.18. The molecule has 1 saturated carbocycles. The molecule has 5 nitrogen and oxygen atoms in total. The van der Waals surface area contributed by atoms with Gasteiger partial charge in [0.2, 0.25) is 0 Å². The Morgan fingerprint density at radius 3 is 2.60 bits per heavy atom. The third-order valence-electron chi connectivity index (χ3n) is 4.30. The van der Waals surface area contributed by atoms with Gasteiger partial charge in [0.25, 0.3) is 5.91 Å². The molecule has 20 heavy (non-hydrogen) atoms. The van der Waals surface area contributed by atoms with Crippen LogP contribution in [0.25, 0.3) is 0 Å². The molecule has 3 N–H and O–H groups in total. The summed E-state index contributed by atoms with van der Waals surface area (Å²) < 4.78 is 0. The van der Waals surface area contributed by atoms with E-state index >= 15 is 0 Å². The number of pyridine rings is 1. The second-order valence-electron chi connectivity index (χ2n) is 5.93. The molecule has 1 aliphatic carbocycles. The highest BCUT2D eigenvalue weighted by Gasteiger charge is 2.36. The summed E-state index contributed by atoms with van der Waals surface area (Å²) in [6.07, 6.45) is 4.74. The lowest BCUT2D eigenvalue weighted by Gasteiger charge is -2.36. The highest BCUT2D eigenvalue weighted by molar-refractivity contribution is 5.94. The van der Waals surface area contributed by atoms with E-state index in [0.717, 1.165) is 18.5 Å². The molecule has 1 amide bonds. The van der Waals surface area contributed by atoms with E-state index < -0.39 is 0 Å². The van der Waals surface area contributed by atoms with Gasteiger partial charge in [-0.2, -0.15) is 0 Å². The number of hydrogen-bond acceptors (Lipinski definition) is 4. The summed E-state index contributed by atoms with van der Waals surface area (Å²) in [5, 5.41) is 3.05. The molecule has 1 aromatic heterocycles. The molecule has 0 atom stereocenters. The van der Waals surface area contributed by atoms with E-state index in [4.69, 9.17) is 5.73 Å². The quantitative estimate of drug-likeness (QED) is 0.876. The minimum Gasteiger partial charge on any atom is -0.384 e. The minimum atomic E-state index is -0.0738. The first-order chi connectivity index (χ1) is 9.43. The smallest absolute Gasteiger partial charge is 0.251 e. The zero-order chi connectivity index (χ0) is 14.8. The summed E-state index contributed by atoms with van der Waals surface area (Å²) >= 11 is 0. The van der Waals surface area contributed by atoms with E-state index in [9.17, 15) is 4.79 Å². The van der Waals surface area contributed by atoms with Gasteiger partial charge in [0.1, 0.15) is 5.82 Å². The topological polar surface area (TPSA) is 71.2 Å². The van der Waals surface area contributed by atoms with Gasteiger partial charge in [-0.25, -0.2) is 4.98 Å². The van der Waals surface area contributed by atoms with Gasteiger partial charge >= 0.3 is 0 Å². The first kappa shape index (κ1) is 14.8. The number of likely N-dealkylation sites (N-methyl/N-ethyl adjacent to an activating group) is 1. The van der Waals surface area contributed by atoms with Crippen LogP contribution >= 0.6 is 0 Å². The summed E-state index contributed by atoms with van der Waals surface area (Å²) in [5.74, 6) is 0.314. The number of nitrogen functional groups attached to an aromatic ring is 1. The van der Waals surface area contributed by atoms with Crippen molar-refractivity contribution in [2.24, 2.45) is 0 Å². The molecular formula is C15H24N4O. The van der Waals surface area contributed by atoms with E-state index in [1.165, 1.54) is 12.8 Å². The Hall–Kier alpha value is -1.62. The Morgan fingerprint density at radius 2 is 2.05 bits per heavy atom. The molecular weight excluding hydrogens is 252 g/mol. The van der Waals surface area contributed by atoms with Crippen LogP contribution < -0.4 is 11.1 Å². The zero-order valence-electron chi connectivity index (χ0n) is 12.6. The lowest BCUT2D eigenvalue weighted by atomic mass is 9.96. The van der Waals surface area contributed by atoms with Gasteiger partial charge in [-0.1, -0.05) is 12.8 Å². The van der Waals surface area contributed by atoms with E-state index in [1.807, 2.05) is 6.92 Å². The molecule has 1 fully saturated rings. The van der Waals surface area contributed by atoms with Crippen molar-refractivity contribution in [1.82, 2.24) is 15.2 Å². The summed E-state index contributed by atoms with van der Waals surface area (Å²) in [5.41, 5.74) is 7.14. The average Bonchev–Trinajstić information content (AvgIpc) is 2.84. The molecule has 0 bridgehead atoms. The normalized spacial score (nSPS) is 17.4. The number of aromatic nitrogens is 1. The van der Waals surface area contributed by atoms with Gasteiger partial charge in [0.15, 0.2) is 0 Å². The van der Waals surface area contributed by atoms with Crippen molar-refractivity contribution in [3.63, 3.8) is 0 Å². The maximum absolute atomic E-state index is 12.3. The first-order valence-electron chi connectivity index (χ1n) is 7.13. The SMILES string of the molecule is Cc1cc(C(=O)NCC2(N(C)C)CCCC2)cc(N)n1. The second kappa shape index (κ2) is 5.79. The molecule has 0 saturated heterocycles. The number of hydrogen-bond donors (Lipinski definition) is 2. The Kier molecular flexibility index (Phi) is 4.28. The molecule has 2 rings (SSSR count). The molecule has 1 aliphatic rings. The molecule has 0 aliphatic heterocycles. The van der Waals surface area contributed by atoms with E-state index in [-0.39, 0.29) is 11.4 Å². The maximum atomic E-state index is 12.3. The Bertz CT molecular complexity index is 472. The summed E-state index contributed by atoms with van der Waals surface area (Å²) in [4.78, 5) is 18.6. The molecule has 1 aromatic rings. The predicted molar refractivity (Wildman–Crippen MR) is 80.6 cm³/mol. The fourth-order valence-corrected chi connectivity index (χ4v) is 2.99. The number of carbonyl (C=O) groups is 1. The van der Waals surface area contributed by atoms with Crippen molar-refractivity contribution < 1.29 is 4.79 Å². The largest absolute Gasteiger partial charge is 0.384 e. The third-order valence-corrected chi connectivity index (χ3v) is 4.30. The van der Waals surface area contributed by atoms with Crippen molar-refractivity contribution in [2.75, 3.05) is 26.4 Å². The highest BCUT2D eigenvalue weighted by atomic mass is 16.1. The number of nitrogens with one attached hydrogen (secondary N) is 1. The number of carbonyl (C=O) groups excluding carboxylic acids is 1. The van der Waals surface area contributed by atoms with Gasteiger partial charge in [-0.3, -0.25) is 4.79 Å². The van der Waals surface area contributed by atoms with Gasteiger partial charge in [-0.05, 0) is 46.0 Å². The fraction of sp³-hybridized carbons (Fsp3) is 0.600. The molecule has 5 heteroatoms. The number of nitrogens with two attached hydrogens (primary N) is 1. The Morgan fingerprint density at radius 1 is 1.40 bits per heavy atom. The number of aryl methyl sites for hydroxylation is 1. The van der Waals surface area contributed by atoms with Crippen LogP contribution in [0.1, 0.15) is 41.7 Å². The molecule has 110 valence electrons. The molecule has 0 unspecified atom stereocenters. The fourth-order valence-electron chi connectivity index (χ4n) is 2.99. The van der Waals surface area contributed by atoms with Crippen LogP contribution in [0.4, 0.5) is 5.82 Å². The van der Waals surface area contributed by atoms with Crippen LogP contribution in [0.15, 0.2) is 12.1 Å². The number of amides is 1. The van der Waals surface area contributed by atoms with Crippen molar-refractivity contribution >= 4 is 11.7 Å². The van der Waals surface area contributed by atoms with Gasteiger partial charge in [0.05, 0.1) is 0 Å². The standard InChI is InChI=1S/C15H24N4O/c1-11-8-12(9-13(16)18-11)14(20)17-10-15(19(2)3)6-4-5-7-15/h8-9H,4-7,10H2,1-3H3,(H2,16,18)(H,17,20).